The first-order valence-electron chi connectivity index (χ1n) is 10.6. The molecule has 3 aromatic rings. The molecule has 1 heterocycles. The Kier molecular flexibility index (Phi) is 7.86. The smallest absolute Gasteiger partial charge is 0.260 e. The van der Waals surface area contributed by atoms with Gasteiger partial charge < -0.3 is 9.64 Å². The number of rotatable bonds is 10. The summed E-state index contributed by atoms with van der Waals surface area (Å²) in [5.74, 6) is 0.356. The van der Waals surface area contributed by atoms with Crippen molar-refractivity contribution in [2.75, 3.05) is 43.9 Å². The number of likely N-dealkylation sites (N-methyl/N-ethyl adjacent to an activating group) is 1. The zero-order chi connectivity index (χ0) is 23.3. The molecule has 0 bridgehead atoms. The first-order chi connectivity index (χ1) is 15.3. The number of anilines is 1. The Bertz CT molecular complexity index is 1190. The zero-order valence-electron chi connectivity index (χ0n) is 18.9. The first-order valence-corrected chi connectivity index (χ1v) is 13.1. The molecule has 172 valence electrons. The third-order valence-corrected chi connectivity index (χ3v) is 8.20. The normalized spacial score (nSPS) is 11.8. The molecule has 1 aromatic heterocycles. The van der Waals surface area contributed by atoms with Crippen LogP contribution >= 0.6 is 11.3 Å². The van der Waals surface area contributed by atoms with Gasteiger partial charge in [0.05, 0.1) is 22.5 Å². The monoisotopic (exact) mass is 475 g/mol. The highest BCUT2D eigenvalue weighted by atomic mass is 32.2. The van der Waals surface area contributed by atoms with Crippen molar-refractivity contribution in [3.63, 3.8) is 0 Å². The SMILES string of the molecule is CCN(CC)CCN(C(=O)c1cccc(S(=O)(=O)CC)c1)c1nc2c(OC)cccc2s1. The third-order valence-electron chi connectivity index (χ3n) is 5.42. The predicted octanol–water partition coefficient (Wildman–Crippen LogP) is 4.09. The van der Waals surface area contributed by atoms with Crippen LogP contribution in [0.3, 0.4) is 0 Å². The number of amides is 1. The van der Waals surface area contributed by atoms with Gasteiger partial charge >= 0.3 is 0 Å². The highest BCUT2D eigenvalue weighted by Gasteiger charge is 2.24. The lowest BCUT2D eigenvalue weighted by atomic mass is 10.2. The number of thiazole rings is 1. The van der Waals surface area contributed by atoms with E-state index in [4.69, 9.17) is 9.72 Å². The number of methoxy groups -OCH3 is 1. The van der Waals surface area contributed by atoms with Crippen molar-refractivity contribution in [1.82, 2.24) is 9.88 Å². The summed E-state index contributed by atoms with van der Waals surface area (Å²) in [6.45, 7) is 8.61. The fourth-order valence-corrected chi connectivity index (χ4v) is 5.34. The Morgan fingerprint density at radius 1 is 1.06 bits per heavy atom. The fraction of sp³-hybridized carbons (Fsp3) is 0.391. The Hall–Kier alpha value is -2.49. The van der Waals surface area contributed by atoms with Gasteiger partial charge in [0.1, 0.15) is 11.3 Å². The summed E-state index contributed by atoms with van der Waals surface area (Å²) in [6.07, 6.45) is 0. The highest BCUT2D eigenvalue weighted by molar-refractivity contribution is 7.91. The Labute approximate surface area is 193 Å². The van der Waals surface area contributed by atoms with Crippen molar-refractivity contribution < 1.29 is 17.9 Å². The van der Waals surface area contributed by atoms with Crippen LogP contribution in [0.2, 0.25) is 0 Å². The molecule has 0 aliphatic rings. The lowest BCUT2D eigenvalue weighted by Crippen LogP contribution is -2.39. The second kappa shape index (κ2) is 10.4. The van der Waals surface area contributed by atoms with Gasteiger partial charge in [-0.05, 0) is 43.4 Å². The van der Waals surface area contributed by atoms with E-state index in [-0.39, 0.29) is 16.6 Å². The van der Waals surface area contributed by atoms with Gasteiger partial charge in [-0.1, -0.05) is 44.2 Å². The molecule has 9 heteroatoms. The number of ether oxygens (including phenoxy) is 1. The van der Waals surface area contributed by atoms with Gasteiger partial charge in [0.15, 0.2) is 15.0 Å². The summed E-state index contributed by atoms with van der Waals surface area (Å²) in [6, 6.07) is 11.9. The van der Waals surface area contributed by atoms with E-state index >= 15 is 0 Å². The predicted molar refractivity (Wildman–Crippen MR) is 130 cm³/mol. The van der Waals surface area contributed by atoms with E-state index in [0.717, 1.165) is 17.8 Å². The van der Waals surface area contributed by atoms with Gasteiger partial charge in [-0.25, -0.2) is 13.4 Å². The fourth-order valence-electron chi connectivity index (χ4n) is 3.40. The zero-order valence-corrected chi connectivity index (χ0v) is 20.5. The molecular formula is C23H29N3O4S2. The Morgan fingerprint density at radius 2 is 1.78 bits per heavy atom. The average molecular weight is 476 g/mol. The van der Waals surface area contributed by atoms with Crippen molar-refractivity contribution in [3.8, 4) is 5.75 Å². The molecule has 0 N–H and O–H groups in total. The molecule has 0 saturated carbocycles. The van der Waals surface area contributed by atoms with Gasteiger partial charge in [-0.3, -0.25) is 9.69 Å². The van der Waals surface area contributed by atoms with Crippen LogP contribution in [0.25, 0.3) is 10.2 Å². The summed E-state index contributed by atoms with van der Waals surface area (Å²) in [5, 5.41) is 0.561. The molecule has 0 radical (unpaired) electrons. The van der Waals surface area contributed by atoms with Crippen molar-refractivity contribution in [2.24, 2.45) is 0 Å². The van der Waals surface area contributed by atoms with Crippen molar-refractivity contribution >= 4 is 42.4 Å². The number of fused-ring (bicyclic) bond motifs is 1. The van der Waals surface area contributed by atoms with Crippen molar-refractivity contribution in [3.05, 3.63) is 48.0 Å². The first kappa shape index (κ1) is 24.2. The van der Waals surface area contributed by atoms with Gasteiger partial charge in [0.2, 0.25) is 0 Å². The number of hydrogen-bond donors (Lipinski definition) is 0. The molecule has 1 amide bonds. The minimum Gasteiger partial charge on any atom is -0.494 e. The minimum absolute atomic E-state index is 0.0199. The molecule has 0 spiro atoms. The molecule has 0 aliphatic carbocycles. The van der Waals surface area contributed by atoms with Crippen LogP contribution in [0, 0.1) is 0 Å². The summed E-state index contributed by atoms with van der Waals surface area (Å²) in [7, 11) is -1.82. The largest absolute Gasteiger partial charge is 0.494 e. The second-order valence-corrected chi connectivity index (χ2v) is 10.5. The van der Waals surface area contributed by atoms with E-state index in [9.17, 15) is 13.2 Å². The van der Waals surface area contributed by atoms with Crippen LogP contribution in [-0.2, 0) is 9.84 Å². The molecule has 3 rings (SSSR count). The van der Waals surface area contributed by atoms with Gasteiger partial charge in [0.25, 0.3) is 5.91 Å². The number of aromatic nitrogens is 1. The van der Waals surface area contributed by atoms with E-state index < -0.39 is 9.84 Å². The second-order valence-electron chi connectivity index (χ2n) is 7.22. The number of hydrogen-bond acceptors (Lipinski definition) is 7. The number of benzene rings is 2. The van der Waals surface area contributed by atoms with Crippen molar-refractivity contribution in [2.45, 2.75) is 25.7 Å². The van der Waals surface area contributed by atoms with E-state index in [1.807, 2.05) is 18.2 Å². The maximum Gasteiger partial charge on any atom is 0.260 e. The standard InChI is InChI=1S/C23H29N3O4S2/c1-5-25(6-2)14-15-26(23-24-21-19(30-4)12-9-13-20(21)31-23)22(27)17-10-8-11-18(16-17)32(28,29)7-3/h8-13,16H,5-7,14-15H2,1-4H3. The lowest BCUT2D eigenvalue weighted by molar-refractivity contribution is 0.0983. The molecule has 32 heavy (non-hydrogen) atoms. The molecule has 0 unspecified atom stereocenters. The lowest BCUT2D eigenvalue weighted by Gasteiger charge is -2.25. The summed E-state index contributed by atoms with van der Waals surface area (Å²) >= 11 is 1.42. The average Bonchev–Trinajstić information content (AvgIpc) is 3.25. The summed E-state index contributed by atoms with van der Waals surface area (Å²) < 4.78 is 31.0. The van der Waals surface area contributed by atoms with Crippen LogP contribution in [0.4, 0.5) is 5.13 Å². The molecule has 2 aromatic carbocycles. The molecule has 0 saturated heterocycles. The summed E-state index contributed by atoms with van der Waals surface area (Å²) in [5.41, 5.74) is 1.03. The van der Waals surface area contributed by atoms with E-state index in [0.29, 0.717) is 35.1 Å². The van der Waals surface area contributed by atoms with Gasteiger partial charge in [-0.15, -0.1) is 0 Å². The molecular weight excluding hydrogens is 446 g/mol. The van der Waals surface area contributed by atoms with E-state index in [1.165, 1.54) is 23.5 Å². The van der Waals surface area contributed by atoms with Gasteiger partial charge in [-0.2, -0.15) is 0 Å². The molecule has 0 atom stereocenters. The molecule has 7 nitrogen and oxygen atoms in total. The van der Waals surface area contributed by atoms with Crippen LogP contribution < -0.4 is 9.64 Å². The Balaban J connectivity index is 2.03. The van der Waals surface area contributed by atoms with Crippen LogP contribution in [-0.4, -0.2) is 63.3 Å². The van der Waals surface area contributed by atoms with Crippen LogP contribution in [0.15, 0.2) is 47.4 Å². The number of nitrogens with zero attached hydrogens (tertiary/aromatic N) is 3. The molecule has 0 fully saturated rings. The van der Waals surface area contributed by atoms with E-state index in [1.54, 1.807) is 31.1 Å². The maximum absolute atomic E-state index is 13.6. The minimum atomic E-state index is -3.42. The Morgan fingerprint density at radius 3 is 2.44 bits per heavy atom. The van der Waals surface area contributed by atoms with Gasteiger partial charge in [0, 0.05) is 18.7 Å². The van der Waals surface area contributed by atoms with Crippen LogP contribution in [0.5, 0.6) is 5.75 Å². The number of carbonyl (C=O) groups is 1. The summed E-state index contributed by atoms with van der Waals surface area (Å²) in [4.78, 5) is 22.3. The number of para-hydroxylation sites is 1. The number of carbonyl (C=O) groups excluding carboxylic acids is 1. The quantitative estimate of drug-likeness (QED) is 0.439. The van der Waals surface area contributed by atoms with Crippen LogP contribution in [0.1, 0.15) is 31.1 Å². The third kappa shape index (κ3) is 5.11. The molecule has 0 aliphatic heterocycles. The van der Waals surface area contributed by atoms with Crippen molar-refractivity contribution in [1.29, 1.82) is 0 Å². The topological polar surface area (TPSA) is 79.8 Å². The highest BCUT2D eigenvalue weighted by Crippen LogP contribution is 2.34. The van der Waals surface area contributed by atoms with E-state index in [2.05, 4.69) is 18.7 Å². The maximum atomic E-state index is 13.6. The number of sulfone groups is 1.